The molecule has 12 heavy (non-hydrogen) atoms. The Labute approximate surface area is 73.7 Å². The van der Waals surface area contributed by atoms with Crippen LogP contribution in [0.1, 0.15) is 0 Å². The van der Waals surface area contributed by atoms with Gasteiger partial charge in [0.25, 0.3) is 0 Å². The Balaban J connectivity index is -0.000000405. The van der Waals surface area contributed by atoms with Crippen molar-refractivity contribution in [3.8, 4) is 0 Å². The standard InChI is InChI=1S/C6H16N2O2.2H3N/c7-1-3-9-5-6-10-4-2-8;;/h1-8H2;2*1H3. The van der Waals surface area contributed by atoms with Crippen LogP contribution in [0, 0.1) is 0 Å². The van der Waals surface area contributed by atoms with Crippen molar-refractivity contribution >= 4 is 0 Å². The molecule has 0 fully saturated rings. The molecule has 6 heteroatoms. The maximum Gasteiger partial charge on any atom is 0.0701 e. The number of hydrogen-bond acceptors (Lipinski definition) is 6. The molecule has 6 nitrogen and oxygen atoms in total. The van der Waals surface area contributed by atoms with E-state index in [9.17, 15) is 0 Å². The Hall–Kier alpha value is -0.240. The van der Waals surface area contributed by atoms with Gasteiger partial charge in [-0.3, -0.25) is 0 Å². The number of hydrogen-bond donors (Lipinski definition) is 4. The fourth-order valence-electron chi connectivity index (χ4n) is 0.489. The lowest BCUT2D eigenvalue weighted by Crippen LogP contribution is -2.14. The third kappa shape index (κ3) is 16.4. The fourth-order valence-corrected chi connectivity index (χ4v) is 0.489. The van der Waals surface area contributed by atoms with E-state index in [0.717, 1.165) is 0 Å². The van der Waals surface area contributed by atoms with Crippen molar-refractivity contribution in [3.05, 3.63) is 0 Å². The van der Waals surface area contributed by atoms with Crippen LogP contribution in [0.5, 0.6) is 0 Å². The highest BCUT2D eigenvalue weighted by Gasteiger charge is 1.85. The first-order valence-electron chi connectivity index (χ1n) is 3.47. The number of ether oxygens (including phenoxy) is 2. The lowest BCUT2D eigenvalue weighted by molar-refractivity contribution is 0.0538. The summed E-state index contributed by atoms with van der Waals surface area (Å²) in [6.45, 7) is 3.56. The van der Waals surface area contributed by atoms with Gasteiger partial charge >= 0.3 is 0 Å². The Morgan fingerprint density at radius 1 is 0.667 bits per heavy atom. The van der Waals surface area contributed by atoms with E-state index in [-0.39, 0.29) is 12.3 Å². The molecule has 0 radical (unpaired) electrons. The Morgan fingerprint density at radius 3 is 1.25 bits per heavy atom. The monoisotopic (exact) mass is 182 g/mol. The normalized spacial score (nSPS) is 8.50. The van der Waals surface area contributed by atoms with Gasteiger partial charge in [0.15, 0.2) is 0 Å². The summed E-state index contributed by atoms with van der Waals surface area (Å²) >= 11 is 0. The SMILES string of the molecule is N.N.NCCOCCOCCN. The lowest BCUT2D eigenvalue weighted by atomic mass is 10.7. The van der Waals surface area contributed by atoms with Gasteiger partial charge in [0.2, 0.25) is 0 Å². The summed E-state index contributed by atoms with van der Waals surface area (Å²) in [5, 5.41) is 0. The molecule has 0 amide bonds. The molecule has 0 spiro atoms. The van der Waals surface area contributed by atoms with E-state index in [2.05, 4.69) is 0 Å². The van der Waals surface area contributed by atoms with Gasteiger partial charge in [-0.15, -0.1) is 0 Å². The highest BCUT2D eigenvalue weighted by atomic mass is 16.5. The summed E-state index contributed by atoms with van der Waals surface area (Å²) in [6.07, 6.45) is 0. The maximum atomic E-state index is 5.18. The van der Waals surface area contributed by atoms with E-state index < -0.39 is 0 Å². The van der Waals surface area contributed by atoms with Crippen molar-refractivity contribution < 1.29 is 9.47 Å². The van der Waals surface area contributed by atoms with Crippen LogP contribution in [0.3, 0.4) is 0 Å². The summed E-state index contributed by atoms with van der Waals surface area (Å²) in [5.74, 6) is 0. The minimum atomic E-state index is 0. The largest absolute Gasteiger partial charge is 0.378 e. The molecule has 0 rings (SSSR count). The van der Waals surface area contributed by atoms with Crippen LogP contribution >= 0.6 is 0 Å². The van der Waals surface area contributed by atoms with Crippen molar-refractivity contribution in [2.24, 2.45) is 11.5 Å². The molecule has 0 atom stereocenters. The smallest absolute Gasteiger partial charge is 0.0701 e. The van der Waals surface area contributed by atoms with Gasteiger partial charge in [-0.2, -0.15) is 0 Å². The van der Waals surface area contributed by atoms with Gasteiger partial charge in [-0.05, 0) is 0 Å². The van der Waals surface area contributed by atoms with Crippen LogP contribution in [0.15, 0.2) is 0 Å². The number of nitrogens with two attached hydrogens (primary N) is 2. The van der Waals surface area contributed by atoms with E-state index in [1.165, 1.54) is 0 Å². The average Bonchev–Trinajstić information content (AvgIpc) is 1.97. The van der Waals surface area contributed by atoms with Crippen LogP contribution in [-0.4, -0.2) is 39.5 Å². The molecule has 0 saturated carbocycles. The van der Waals surface area contributed by atoms with Gasteiger partial charge in [-0.25, -0.2) is 0 Å². The van der Waals surface area contributed by atoms with Crippen molar-refractivity contribution in [1.82, 2.24) is 12.3 Å². The van der Waals surface area contributed by atoms with E-state index in [1.54, 1.807) is 0 Å². The zero-order valence-electron chi connectivity index (χ0n) is 7.63. The zero-order chi connectivity index (χ0) is 7.66. The quantitative estimate of drug-likeness (QED) is 0.382. The lowest BCUT2D eigenvalue weighted by Gasteiger charge is -2.02. The van der Waals surface area contributed by atoms with E-state index in [4.69, 9.17) is 20.9 Å². The van der Waals surface area contributed by atoms with E-state index in [0.29, 0.717) is 39.5 Å². The summed E-state index contributed by atoms with van der Waals surface area (Å²) in [5.41, 5.74) is 10.4. The van der Waals surface area contributed by atoms with Crippen molar-refractivity contribution in [2.45, 2.75) is 0 Å². The van der Waals surface area contributed by atoms with Gasteiger partial charge in [0, 0.05) is 13.1 Å². The minimum absolute atomic E-state index is 0. The molecule has 0 aromatic rings. The van der Waals surface area contributed by atoms with E-state index >= 15 is 0 Å². The van der Waals surface area contributed by atoms with Gasteiger partial charge < -0.3 is 33.2 Å². The summed E-state index contributed by atoms with van der Waals surface area (Å²) in [7, 11) is 0. The van der Waals surface area contributed by atoms with Gasteiger partial charge in [0.1, 0.15) is 0 Å². The second kappa shape index (κ2) is 17.0. The highest BCUT2D eigenvalue weighted by Crippen LogP contribution is 1.75. The Bertz CT molecular complexity index is 57.5. The molecule has 78 valence electrons. The molecule has 0 aliphatic rings. The van der Waals surface area contributed by atoms with Gasteiger partial charge in [-0.1, -0.05) is 0 Å². The Morgan fingerprint density at radius 2 is 1.00 bits per heavy atom. The van der Waals surface area contributed by atoms with Crippen LogP contribution in [-0.2, 0) is 9.47 Å². The van der Waals surface area contributed by atoms with Crippen molar-refractivity contribution in [2.75, 3.05) is 39.5 Å². The molecule has 0 saturated heterocycles. The first-order valence-corrected chi connectivity index (χ1v) is 3.47. The molecule has 0 aromatic carbocycles. The van der Waals surface area contributed by atoms with Crippen LogP contribution < -0.4 is 23.8 Å². The third-order valence-electron chi connectivity index (χ3n) is 0.896. The minimum Gasteiger partial charge on any atom is -0.378 e. The van der Waals surface area contributed by atoms with Crippen LogP contribution in [0.2, 0.25) is 0 Å². The molecule has 0 unspecified atom stereocenters. The second-order valence-corrected chi connectivity index (χ2v) is 1.80. The predicted molar refractivity (Wildman–Crippen MR) is 49.8 cm³/mol. The fraction of sp³-hybridized carbons (Fsp3) is 1.00. The maximum absolute atomic E-state index is 5.18. The summed E-state index contributed by atoms with van der Waals surface area (Å²) < 4.78 is 10.1. The average molecular weight is 182 g/mol. The highest BCUT2D eigenvalue weighted by molar-refractivity contribution is 4.34. The first kappa shape index (κ1) is 17.7. The topological polar surface area (TPSA) is 140 Å². The molecule has 0 bridgehead atoms. The molecule has 0 aromatic heterocycles. The zero-order valence-corrected chi connectivity index (χ0v) is 7.63. The van der Waals surface area contributed by atoms with Gasteiger partial charge in [0.05, 0.1) is 26.4 Å². The molecule has 0 aliphatic heterocycles. The van der Waals surface area contributed by atoms with E-state index in [1.807, 2.05) is 0 Å². The van der Waals surface area contributed by atoms with Crippen molar-refractivity contribution in [3.63, 3.8) is 0 Å². The summed E-state index contributed by atoms with van der Waals surface area (Å²) in [4.78, 5) is 0. The number of rotatable bonds is 7. The molecule has 10 N–H and O–H groups in total. The molecule has 0 aliphatic carbocycles. The summed E-state index contributed by atoms with van der Waals surface area (Å²) in [6, 6.07) is 0. The molecular weight excluding hydrogens is 160 g/mol. The Kier molecular flexibility index (Phi) is 25.2. The van der Waals surface area contributed by atoms with Crippen LogP contribution in [0.25, 0.3) is 0 Å². The van der Waals surface area contributed by atoms with Crippen LogP contribution in [0.4, 0.5) is 0 Å². The second-order valence-electron chi connectivity index (χ2n) is 1.80. The predicted octanol–water partition coefficient (Wildman–Crippen LogP) is -0.739. The van der Waals surface area contributed by atoms with Crippen molar-refractivity contribution in [1.29, 1.82) is 0 Å². The first-order chi connectivity index (χ1) is 4.91. The molecule has 0 heterocycles. The third-order valence-corrected chi connectivity index (χ3v) is 0.896. The molecular formula is C6H22N4O2.